The number of nitrogens with zero attached hydrogens (tertiary/aromatic N) is 3. The summed E-state index contributed by atoms with van der Waals surface area (Å²) < 4.78 is 0. The first-order chi connectivity index (χ1) is 14.5. The Kier molecular flexibility index (Phi) is 6.33. The predicted molar refractivity (Wildman–Crippen MR) is 129 cm³/mol. The molecular weight excluding hydrogens is 386 g/mol. The summed E-state index contributed by atoms with van der Waals surface area (Å²) in [5, 5.41) is 3.38. The molecule has 0 unspecified atom stereocenters. The first kappa shape index (κ1) is 20.8. The summed E-state index contributed by atoms with van der Waals surface area (Å²) in [4.78, 5) is 11.7. The summed E-state index contributed by atoms with van der Waals surface area (Å²) in [6.45, 7) is 7.40. The number of hydrogen-bond donors (Lipinski definition) is 0. The second-order valence-electron chi connectivity index (χ2n) is 8.38. The van der Waals surface area contributed by atoms with Crippen molar-refractivity contribution in [3.63, 3.8) is 0 Å². The van der Waals surface area contributed by atoms with Gasteiger partial charge in [0.2, 0.25) is 0 Å². The fourth-order valence-corrected chi connectivity index (χ4v) is 4.84. The lowest BCUT2D eigenvalue weighted by atomic mass is 9.90. The van der Waals surface area contributed by atoms with E-state index in [1.165, 1.54) is 64.1 Å². The fourth-order valence-electron chi connectivity index (χ4n) is 4.01. The Morgan fingerprint density at radius 1 is 1.07 bits per heavy atom. The van der Waals surface area contributed by atoms with Gasteiger partial charge in [0, 0.05) is 31.0 Å². The van der Waals surface area contributed by atoms with E-state index in [0.717, 1.165) is 24.3 Å². The van der Waals surface area contributed by atoms with Crippen molar-refractivity contribution in [1.29, 1.82) is 0 Å². The molecule has 3 aromatic rings. The Balaban J connectivity index is 1.52. The molecule has 0 N–H and O–H groups in total. The molecule has 1 aromatic heterocycles. The van der Waals surface area contributed by atoms with Gasteiger partial charge in [0.25, 0.3) is 0 Å². The lowest BCUT2D eigenvalue weighted by Crippen LogP contribution is -2.14. The van der Waals surface area contributed by atoms with Crippen molar-refractivity contribution in [1.82, 2.24) is 9.88 Å². The lowest BCUT2D eigenvalue weighted by molar-refractivity contribution is 0.552. The molecule has 3 nitrogen and oxygen atoms in total. The summed E-state index contributed by atoms with van der Waals surface area (Å²) in [6, 6.07) is 11.4. The Hall–Kier alpha value is -2.46. The smallest absolute Gasteiger partial charge is 0.0976 e. The molecule has 0 amide bonds. The molecule has 1 aliphatic carbocycles. The summed E-state index contributed by atoms with van der Waals surface area (Å²) in [6.07, 6.45) is 7.86. The number of rotatable bonds is 6. The quantitative estimate of drug-likeness (QED) is 0.338. The van der Waals surface area contributed by atoms with Crippen molar-refractivity contribution in [3.8, 4) is 11.3 Å². The van der Waals surface area contributed by atoms with Gasteiger partial charge in [0.05, 0.1) is 22.7 Å². The maximum Gasteiger partial charge on any atom is 0.0976 e. The van der Waals surface area contributed by atoms with E-state index in [9.17, 15) is 0 Å². The van der Waals surface area contributed by atoms with Crippen LogP contribution in [-0.4, -0.2) is 29.8 Å². The first-order valence-electron chi connectivity index (χ1n) is 10.9. The number of hydrogen-bond acceptors (Lipinski definition) is 3. The molecule has 30 heavy (non-hydrogen) atoms. The van der Waals surface area contributed by atoms with Gasteiger partial charge in [-0.15, -0.1) is 11.3 Å². The van der Waals surface area contributed by atoms with Crippen LogP contribution in [0.3, 0.4) is 0 Å². The molecule has 0 radical (unpaired) electrons. The average Bonchev–Trinajstić information content (AvgIpc) is 3.23. The highest BCUT2D eigenvalue weighted by Crippen LogP contribution is 2.30. The van der Waals surface area contributed by atoms with Gasteiger partial charge in [0.15, 0.2) is 0 Å². The number of thiazole rings is 1. The van der Waals surface area contributed by atoms with Crippen molar-refractivity contribution < 1.29 is 0 Å². The van der Waals surface area contributed by atoms with Crippen LogP contribution < -0.4 is 0 Å². The van der Waals surface area contributed by atoms with E-state index in [2.05, 4.69) is 66.4 Å². The first-order valence-corrected chi connectivity index (χ1v) is 11.8. The van der Waals surface area contributed by atoms with Crippen molar-refractivity contribution in [3.05, 3.63) is 68.5 Å². The minimum atomic E-state index is 0.876. The minimum absolute atomic E-state index is 0.876. The van der Waals surface area contributed by atoms with Crippen molar-refractivity contribution in [2.45, 2.75) is 52.9 Å². The van der Waals surface area contributed by atoms with E-state index in [1.54, 1.807) is 11.3 Å². The van der Waals surface area contributed by atoms with Crippen molar-refractivity contribution >= 4 is 23.4 Å². The molecule has 0 spiro atoms. The van der Waals surface area contributed by atoms with Gasteiger partial charge in [-0.2, -0.15) is 0 Å². The Labute approximate surface area is 184 Å². The van der Waals surface area contributed by atoms with Gasteiger partial charge in [-0.3, -0.25) is 0 Å². The largest absolute Gasteiger partial charge is 0.366 e. The highest BCUT2D eigenvalue weighted by molar-refractivity contribution is 7.10. The zero-order chi connectivity index (χ0) is 21.1. The van der Waals surface area contributed by atoms with Crippen molar-refractivity contribution in [2.24, 2.45) is 4.99 Å². The molecule has 4 rings (SSSR count). The van der Waals surface area contributed by atoms with Gasteiger partial charge in [-0.25, -0.2) is 9.98 Å². The van der Waals surface area contributed by atoms with Crippen LogP contribution in [0.4, 0.5) is 5.69 Å². The maximum absolute atomic E-state index is 4.97. The van der Waals surface area contributed by atoms with Crippen LogP contribution in [0.15, 0.2) is 40.7 Å². The highest BCUT2D eigenvalue weighted by atomic mass is 32.1. The van der Waals surface area contributed by atoms with E-state index in [-0.39, 0.29) is 0 Å². The van der Waals surface area contributed by atoms with E-state index in [0.29, 0.717) is 0 Å². The van der Waals surface area contributed by atoms with Crippen LogP contribution in [0.1, 0.15) is 52.6 Å². The van der Waals surface area contributed by atoms with Gasteiger partial charge < -0.3 is 4.90 Å². The van der Waals surface area contributed by atoms with E-state index in [1.807, 2.05) is 13.4 Å². The number of benzene rings is 2. The number of fused-ring (bicyclic) bond motifs is 1. The summed E-state index contributed by atoms with van der Waals surface area (Å²) in [5.41, 5.74) is 10.3. The van der Waals surface area contributed by atoms with Crippen LogP contribution in [-0.2, 0) is 19.3 Å². The number of aryl methyl sites for hydroxylation is 4. The maximum atomic E-state index is 4.97. The third kappa shape index (κ3) is 4.65. The average molecular weight is 418 g/mol. The molecule has 0 atom stereocenters. The Morgan fingerprint density at radius 2 is 1.87 bits per heavy atom. The Morgan fingerprint density at radius 3 is 2.67 bits per heavy atom. The zero-order valence-corrected chi connectivity index (χ0v) is 19.4. The van der Waals surface area contributed by atoms with E-state index in [4.69, 9.17) is 4.98 Å². The molecule has 4 heteroatoms. The molecule has 0 fully saturated rings. The standard InChI is InChI=1S/C26H31N3S/c1-5-29(4)17-27-24-13-18(2)23(12-19(24)3)15-26-28-25(16-30-26)22-11-10-20-8-6-7-9-21(20)14-22/h10-14,16-17H,5-9,15H2,1-4H3. The molecule has 1 aliphatic rings. The third-order valence-corrected chi connectivity index (χ3v) is 6.93. The SMILES string of the molecule is CCN(C)C=Nc1cc(C)c(Cc2nc(-c3ccc4c(c3)CCCC4)cs2)cc1C. The van der Waals surface area contributed by atoms with Gasteiger partial charge in [0.1, 0.15) is 0 Å². The molecule has 0 bridgehead atoms. The van der Waals surface area contributed by atoms with Gasteiger partial charge in [-0.05, 0) is 86.4 Å². The normalized spacial score (nSPS) is 13.6. The monoisotopic (exact) mass is 417 g/mol. The molecule has 1 heterocycles. The summed E-state index contributed by atoms with van der Waals surface area (Å²) in [7, 11) is 2.04. The lowest BCUT2D eigenvalue weighted by Gasteiger charge is -2.16. The zero-order valence-electron chi connectivity index (χ0n) is 18.5. The fraction of sp³-hybridized carbons (Fsp3) is 0.385. The molecule has 156 valence electrons. The second-order valence-corrected chi connectivity index (χ2v) is 9.32. The van der Waals surface area contributed by atoms with Crippen LogP contribution in [0.2, 0.25) is 0 Å². The molecular formula is C26H31N3S. The van der Waals surface area contributed by atoms with Crippen LogP contribution in [0.25, 0.3) is 11.3 Å². The second kappa shape index (κ2) is 9.13. The third-order valence-electron chi connectivity index (χ3n) is 6.08. The number of aromatic nitrogens is 1. The Bertz CT molecular complexity index is 1060. The van der Waals surface area contributed by atoms with Crippen LogP contribution >= 0.6 is 11.3 Å². The molecule has 2 aromatic carbocycles. The minimum Gasteiger partial charge on any atom is -0.366 e. The van der Waals surface area contributed by atoms with Crippen molar-refractivity contribution in [2.75, 3.05) is 13.6 Å². The topological polar surface area (TPSA) is 28.5 Å². The number of aliphatic imine (C=N–C) groups is 1. The molecule has 0 saturated carbocycles. The van der Waals surface area contributed by atoms with E-state index >= 15 is 0 Å². The van der Waals surface area contributed by atoms with Gasteiger partial charge in [-0.1, -0.05) is 18.2 Å². The van der Waals surface area contributed by atoms with Crippen LogP contribution in [0, 0.1) is 13.8 Å². The highest BCUT2D eigenvalue weighted by Gasteiger charge is 2.13. The van der Waals surface area contributed by atoms with E-state index < -0.39 is 0 Å². The molecule has 0 saturated heterocycles. The van der Waals surface area contributed by atoms with Gasteiger partial charge >= 0.3 is 0 Å². The predicted octanol–water partition coefficient (Wildman–Crippen LogP) is 6.51. The molecule has 0 aliphatic heterocycles. The summed E-state index contributed by atoms with van der Waals surface area (Å²) >= 11 is 1.77. The summed E-state index contributed by atoms with van der Waals surface area (Å²) in [5.74, 6) is 0. The van der Waals surface area contributed by atoms with Crippen LogP contribution in [0.5, 0.6) is 0 Å².